The molecule has 0 spiro atoms. The fourth-order valence-electron chi connectivity index (χ4n) is 4.87. The molecule has 286 valence electrons. The molecule has 18 heteroatoms. The van der Waals surface area contributed by atoms with E-state index in [1.165, 1.54) is 6.92 Å². The van der Waals surface area contributed by atoms with E-state index in [0.29, 0.717) is 12.8 Å². The minimum atomic E-state index is -1.66. The topological polar surface area (TPSA) is 241 Å². The first-order chi connectivity index (χ1) is 23.4. The van der Waals surface area contributed by atoms with Crippen LogP contribution in [0.4, 0.5) is 0 Å². The zero-order valence-electron chi connectivity index (χ0n) is 29.9. The predicted octanol–water partition coefficient (Wildman–Crippen LogP) is -0.526. The number of hydrogen-bond donors (Lipinski definition) is 7. The van der Waals surface area contributed by atoms with Crippen LogP contribution in [-0.4, -0.2) is 113 Å². The largest absolute Gasteiger partial charge is 0.394 e. The summed E-state index contributed by atoms with van der Waals surface area (Å²) in [7, 11) is 0. The third-order valence-electron chi connectivity index (χ3n) is 7.83. The van der Waals surface area contributed by atoms with E-state index in [2.05, 4.69) is 33.6 Å². The number of unbranched alkanes of at least 4 members (excludes halogenated alkanes) is 1. The minimum absolute atomic E-state index is 0.0308. The van der Waals surface area contributed by atoms with Crippen LogP contribution in [0.15, 0.2) is 12.7 Å². The summed E-state index contributed by atoms with van der Waals surface area (Å²) in [5.74, 6) is -2.99. The van der Waals surface area contributed by atoms with Crippen molar-refractivity contribution in [3.8, 4) is 0 Å². The van der Waals surface area contributed by atoms with E-state index in [1.807, 2.05) is 41.5 Å². The molecule has 2 aliphatic rings. The van der Waals surface area contributed by atoms with E-state index in [1.54, 1.807) is 0 Å². The van der Waals surface area contributed by atoms with Crippen molar-refractivity contribution in [2.75, 3.05) is 13.2 Å². The van der Waals surface area contributed by atoms with Crippen LogP contribution in [0.3, 0.4) is 0 Å². The van der Waals surface area contributed by atoms with Gasteiger partial charge in [-0.15, -0.1) is 0 Å². The van der Waals surface area contributed by atoms with Crippen LogP contribution in [0.2, 0.25) is 0 Å². The van der Waals surface area contributed by atoms with Gasteiger partial charge in [0.15, 0.2) is 6.29 Å². The average molecular weight is 718 g/mol. The van der Waals surface area contributed by atoms with Gasteiger partial charge in [0, 0.05) is 26.2 Å². The number of amides is 5. The SMILES string of the molecule is C=CC(=O)NNC(=O)CCCCC(=O)NNC(=O)C1OOC(COC(C)(C)CC)C(O)[C@@H]1O[C@@H]1OC(CO)CC(OC(C)(C)C)C1NC(C)=O. The maximum absolute atomic E-state index is 13.4. The Labute approximate surface area is 292 Å². The number of carbonyl (C=O) groups excluding carboxylic acids is 5. The second kappa shape index (κ2) is 20.0. The molecule has 8 atom stereocenters. The summed E-state index contributed by atoms with van der Waals surface area (Å²) in [6.45, 7) is 15.1. The third kappa shape index (κ3) is 14.6. The van der Waals surface area contributed by atoms with Crippen LogP contribution in [0.1, 0.15) is 87.0 Å². The second-order valence-corrected chi connectivity index (χ2v) is 13.7. The van der Waals surface area contributed by atoms with Gasteiger partial charge in [0.1, 0.15) is 24.4 Å². The fourth-order valence-corrected chi connectivity index (χ4v) is 4.87. The normalized spacial score (nSPS) is 27.1. The van der Waals surface area contributed by atoms with Crippen LogP contribution in [0.5, 0.6) is 0 Å². The van der Waals surface area contributed by atoms with Gasteiger partial charge in [0.05, 0.1) is 36.6 Å². The second-order valence-electron chi connectivity index (χ2n) is 13.7. The highest BCUT2D eigenvalue weighted by Crippen LogP contribution is 2.31. The molecule has 2 aliphatic heterocycles. The molecule has 6 unspecified atom stereocenters. The van der Waals surface area contributed by atoms with Crippen molar-refractivity contribution in [1.82, 2.24) is 27.0 Å². The summed E-state index contributed by atoms with van der Waals surface area (Å²) < 4.78 is 24.3. The molecule has 0 radical (unpaired) electrons. The van der Waals surface area contributed by atoms with Gasteiger partial charge in [-0.2, -0.15) is 0 Å². The highest BCUT2D eigenvalue weighted by atomic mass is 17.2. The summed E-state index contributed by atoms with van der Waals surface area (Å²) in [5.41, 5.74) is 7.61. The molecule has 0 aliphatic carbocycles. The lowest BCUT2D eigenvalue weighted by atomic mass is 9.97. The van der Waals surface area contributed by atoms with Gasteiger partial charge in [-0.1, -0.05) is 13.5 Å². The van der Waals surface area contributed by atoms with Gasteiger partial charge in [0.2, 0.25) is 23.8 Å². The molecular formula is C32H55N5O13. The molecule has 2 fully saturated rings. The number of aliphatic hydroxyl groups is 2. The van der Waals surface area contributed by atoms with Crippen molar-refractivity contribution in [3.63, 3.8) is 0 Å². The van der Waals surface area contributed by atoms with Crippen LogP contribution in [0.25, 0.3) is 0 Å². The molecule has 0 aromatic rings. The van der Waals surface area contributed by atoms with Crippen molar-refractivity contribution in [2.45, 2.75) is 147 Å². The monoisotopic (exact) mass is 717 g/mol. The van der Waals surface area contributed by atoms with E-state index in [-0.39, 0.29) is 32.3 Å². The number of ether oxygens (including phenoxy) is 4. The van der Waals surface area contributed by atoms with Crippen LogP contribution >= 0.6 is 0 Å². The molecule has 0 aromatic heterocycles. The Balaban J connectivity index is 2.18. The molecule has 5 amide bonds. The summed E-state index contributed by atoms with van der Waals surface area (Å²) >= 11 is 0. The van der Waals surface area contributed by atoms with Gasteiger partial charge in [0.25, 0.3) is 11.8 Å². The van der Waals surface area contributed by atoms with Crippen molar-refractivity contribution < 1.29 is 62.9 Å². The van der Waals surface area contributed by atoms with Gasteiger partial charge in [-0.3, -0.25) is 45.7 Å². The van der Waals surface area contributed by atoms with Crippen molar-refractivity contribution in [1.29, 1.82) is 0 Å². The Hall–Kier alpha value is -3.23. The van der Waals surface area contributed by atoms with E-state index in [9.17, 15) is 34.2 Å². The highest BCUT2D eigenvalue weighted by Gasteiger charge is 2.51. The van der Waals surface area contributed by atoms with Crippen LogP contribution in [0, 0.1) is 0 Å². The molecule has 0 saturated carbocycles. The summed E-state index contributed by atoms with van der Waals surface area (Å²) in [5, 5.41) is 24.3. The maximum Gasteiger partial charge on any atom is 0.273 e. The van der Waals surface area contributed by atoms with E-state index < -0.39 is 96.3 Å². The Morgan fingerprint density at radius 1 is 0.960 bits per heavy atom. The zero-order valence-corrected chi connectivity index (χ0v) is 29.9. The molecular weight excluding hydrogens is 662 g/mol. The molecule has 2 rings (SSSR count). The number of hydrogen-bond acceptors (Lipinski definition) is 13. The Morgan fingerprint density at radius 2 is 1.58 bits per heavy atom. The quantitative estimate of drug-likeness (QED) is 0.0461. The lowest BCUT2D eigenvalue weighted by Crippen LogP contribution is -2.65. The standard InChI is InChI=1S/C32H55N5O13/c1-9-22(40)34-35-23(41)13-11-12-14-24(42)36-37-29(44)28-27(26(43)21(49-50-28)17-45-32(7,8)10-2)47-30-25(33-18(3)39)20(48-31(4,5)6)15-19(16-38)46-30/h9,19-21,25-28,30,38,43H,1,10-17H2,2-8H3,(H,33,39)(H,34,40)(H,35,41)(H,36,42)(H,37,44)/t19?,20?,21?,25?,26?,27-,28?,30-/m0/s1. The van der Waals surface area contributed by atoms with E-state index in [0.717, 1.165) is 6.08 Å². The Kier molecular flexibility index (Phi) is 17.2. The lowest BCUT2D eigenvalue weighted by molar-refractivity contribution is -0.423. The van der Waals surface area contributed by atoms with Crippen molar-refractivity contribution >= 4 is 29.5 Å². The first-order valence-electron chi connectivity index (χ1n) is 16.7. The van der Waals surface area contributed by atoms with E-state index >= 15 is 0 Å². The molecule has 7 N–H and O–H groups in total. The van der Waals surface area contributed by atoms with E-state index in [4.69, 9.17) is 28.7 Å². The lowest BCUT2D eigenvalue weighted by Gasteiger charge is -2.46. The highest BCUT2D eigenvalue weighted by molar-refractivity contribution is 5.89. The summed E-state index contributed by atoms with van der Waals surface area (Å²) in [4.78, 5) is 71.8. The predicted molar refractivity (Wildman–Crippen MR) is 175 cm³/mol. The number of rotatable bonds is 16. The van der Waals surface area contributed by atoms with Crippen LogP contribution < -0.4 is 27.0 Å². The van der Waals surface area contributed by atoms with Gasteiger partial charge in [-0.05, 0) is 60.0 Å². The van der Waals surface area contributed by atoms with Gasteiger partial charge >= 0.3 is 0 Å². The Morgan fingerprint density at radius 3 is 2.12 bits per heavy atom. The molecule has 18 nitrogen and oxygen atoms in total. The first-order valence-corrected chi connectivity index (χ1v) is 16.7. The maximum atomic E-state index is 13.4. The summed E-state index contributed by atoms with van der Waals surface area (Å²) in [6.07, 6.45) is -6.20. The average Bonchev–Trinajstić information content (AvgIpc) is 3.05. The number of hydrazine groups is 2. The van der Waals surface area contributed by atoms with Gasteiger partial charge in [-0.25, -0.2) is 9.78 Å². The smallest absolute Gasteiger partial charge is 0.273 e. The zero-order chi connectivity index (χ0) is 37.6. The number of aliphatic hydroxyl groups excluding tert-OH is 2. The number of carbonyl (C=O) groups is 5. The third-order valence-corrected chi connectivity index (χ3v) is 7.83. The number of nitrogens with one attached hydrogen (secondary N) is 5. The summed E-state index contributed by atoms with van der Waals surface area (Å²) in [6, 6.07) is -0.929. The molecule has 0 aromatic carbocycles. The molecule has 50 heavy (non-hydrogen) atoms. The van der Waals surface area contributed by atoms with Gasteiger partial charge < -0.3 is 34.5 Å². The molecule has 2 heterocycles. The van der Waals surface area contributed by atoms with Crippen molar-refractivity contribution in [2.24, 2.45) is 0 Å². The first kappa shape index (κ1) is 42.9. The van der Waals surface area contributed by atoms with Crippen LogP contribution in [-0.2, 0) is 52.7 Å². The van der Waals surface area contributed by atoms with Crippen molar-refractivity contribution in [3.05, 3.63) is 12.7 Å². The molecule has 2 saturated heterocycles. The molecule has 0 bridgehead atoms. The fraction of sp³-hybridized carbons (Fsp3) is 0.781. The minimum Gasteiger partial charge on any atom is -0.394 e. The Bertz CT molecular complexity index is 1160.